The lowest BCUT2D eigenvalue weighted by Gasteiger charge is -2.25. The molecule has 0 fully saturated rings. The summed E-state index contributed by atoms with van der Waals surface area (Å²) in [5, 5.41) is 6.67. The first-order valence-electron chi connectivity index (χ1n) is 8.19. The number of hydrogen-bond acceptors (Lipinski definition) is 2. The number of anilines is 1. The number of hydrogen-bond donors (Lipinski definition) is 1. The molecule has 2 unspecified atom stereocenters. The number of para-hydroxylation sites is 1. The van der Waals surface area contributed by atoms with Gasteiger partial charge in [0.05, 0.1) is 24.4 Å². The van der Waals surface area contributed by atoms with E-state index in [0.29, 0.717) is 6.04 Å². The lowest BCUT2D eigenvalue weighted by molar-refractivity contribution is -0.823. The maximum atomic E-state index is 4.72. The van der Waals surface area contributed by atoms with Gasteiger partial charge in [-0.3, -0.25) is 9.91 Å². The number of rotatable bonds is 3. The topological polar surface area (TPSA) is 20.0 Å². The first-order valence-corrected chi connectivity index (χ1v) is 8.19. The molecule has 1 N–H and O–H groups in total. The number of benzene rings is 2. The molecule has 0 aromatic heterocycles. The number of aryl methyl sites for hydroxylation is 1. The Morgan fingerprint density at radius 3 is 2.39 bits per heavy atom. The van der Waals surface area contributed by atoms with Crippen LogP contribution in [-0.2, 0) is 5.41 Å². The van der Waals surface area contributed by atoms with Gasteiger partial charge in [0.2, 0.25) is 0 Å². The predicted molar refractivity (Wildman–Crippen MR) is 97.9 cm³/mol. The molecular formula is C20H26N3+. The summed E-state index contributed by atoms with van der Waals surface area (Å²) in [7, 11) is 4.24. The van der Waals surface area contributed by atoms with Crippen LogP contribution in [-0.4, -0.2) is 26.4 Å². The number of hydrazone groups is 1. The van der Waals surface area contributed by atoms with Crippen molar-refractivity contribution in [2.45, 2.75) is 32.2 Å². The van der Waals surface area contributed by atoms with Gasteiger partial charge in [0.15, 0.2) is 0 Å². The third-order valence-corrected chi connectivity index (χ3v) is 5.09. The number of nitrogens with one attached hydrogen (secondary N) is 1. The van der Waals surface area contributed by atoms with Crippen molar-refractivity contribution in [1.29, 1.82) is 0 Å². The van der Waals surface area contributed by atoms with Gasteiger partial charge in [0.25, 0.3) is 0 Å². The number of fused-ring (bicyclic) bond motifs is 1. The zero-order valence-corrected chi connectivity index (χ0v) is 14.7. The monoisotopic (exact) mass is 308 g/mol. The molecule has 0 saturated carbocycles. The van der Waals surface area contributed by atoms with Crippen molar-refractivity contribution >= 4 is 17.6 Å². The quantitative estimate of drug-likeness (QED) is 0.683. The van der Waals surface area contributed by atoms with Gasteiger partial charge in [-0.05, 0) is 39.0 Å². The zero-order chi connectivity index (χ0) is 16.6. The highest BCUT2D eigenvalue weighted by molar-refractivity contribution is 5.71. The van der Waals surface area contributed by atoms with Crippen LogP contribution in [0.25, 0.3) is 0 Å². The van der Waals surface area contributed by atoms with E-state index in [4.69, 9.17) is 5.10 Å². The molecule has 0 amide bonds. The second kappa shape index (κ2) is 5.82. The molecule has 2 aromatic carbocycles. The molecule has 0 bridgehead atoms. The van der Waals surface area contributed by atoms with Gasteiger partial charge in [0, 0.05) is 12.6 Å². The average molecular weight is 308 g/mol. The molecule has 1 aliphatic rings. The third-order valence-electron chi connectivity index (χ3n) is 5.09. The average Bonchev–Trinajstić information content (AvgIpc) is 2.73. The van der Waals surface area contributed by atoms with Crippen LogP contribution in [0.1, 0.15) is 25.0 Å². The highest BCUT2D eigenvalue weighted by atomic mass is 15.4. The summed E-state index contributed by atoms with van der Waals surface area (Å²) in [6, 6.07) is 17.5. The van der Waals surface area contributed by atoms with E-state index in [1.165, 1.54) is 21.7 Å². The Bertz CT molecular complexity index is 716. The van der Waals surface area contributed by atoms with Gasteiger partial charge in [-0.2, -0.15) is 5.10 Å². The number of likely N-dealkylation sites (N-methyl/N-ethyl adjacent to an activating group) is 1. The van der Waals surface area contributed by atoms with Crippen LogP contribution in [0.5, 0.6) is 0 Å². The standard InChI is InChI=1S/C20H25N3/c1-15-10-12-16(13-11-15)23(5)21-14-19-20(2,3)17-8-6-7-9-18(17)22(19)4/h6-14,19H,1-5H3/p+1/b21-14+. The lowest BCUT2D eigenvalue weighted by atomic mass is 9.81. The Morgan fingerprint density at radius 2 is 1.74 bits per heavy atom. The van der Waals surface area contributed by atoms with E-state index in [-0.39, 0.29) is 5.41 Å². The van der Waals surface area contributed by atoms with E-state index in [1.807, 2.05) is 12.1 Å². The van der Waals surface area contributed by atoms with E-state index in [2.05, 4.69) is 82.6 Å². The van der Waals surface area contributed by atoms with Gasteiger partial charge in [-0.25, -0.2) is 0 Å². The molecule has 0 saturated heterocycles. The number of nitrogens with zero attached hydrogens (tertiary/aromatic N) is 2. The minimum atomic E-state index is 0.0816. The molecule has 1 aliphatic heterocycles. The van der Waals surface area contributed by atoms with Gasteiger partial charge in [-0.1, -0.05) is 35.9 Å². The minimum Gasteiger partial charge on any atom is -0.297 e. The molecule has 0 spiro atoms. The molecule has 2 atom stereocenters. The summed E-state index contributed by atoms with van der Waals surface area (Å²) in [5.74, 6) is 0. The van der Waals surface area contributed by atoms with Crippen LogP contribution in [0, 0.1) is 6.92 Å². The van der Waals surface area contributed by atoms with Crippen LogP contribution in [0.2, 0.25) is 0 Å². The molecule has 0 radical (unpaired) electrons. The molecule has 2 aromatic rings. The third kappa shape index (κ3) is 2.77. The summed E-state index contributed by atoms with van der Waals surface area (Å²) in [5.41, 5.74) is 5.26. The maximum absolute atomic E-state index is 4.72. The second-order valence-corrected chi connectivity index (χ2v) is 7.05. The van der Waals surface area contributed by atoms with Gasteiger partial charge in [0.1, 0.15) is 11.7 Å². The summed E-state index contributed by atoms with van der Waals surface area (Å²) < 4.78 is 0. The summed E-state index contributed by atoms with van der Waals surface area (Å²) in [6.45, 7) is 6.72. The molecular weight excluding hydrogens is 282 g/mol. The molecule has 3 rings (SSSR count). The van der Waals surface area contributed by atoms with Crippen LogP contribution in [0.3, 0.4) is 0 Å². The summed E-state index contributed by atoms with van der Waals surface area (Å²) in [4.78, 5) is 1.41. The lowest BCUT2D eigenvalue weighted by Crippen LogP contribution is -3.08. The zero-order valence-electron chi connectivity index (χ0n) is 14.7. The Hall–Kier alpha value is -2.13. The highest BCUT2D eigenvalue weighted by Crippen LogP contribution is 2.35. The molecule has 120 valence electrons. The molecule has 3 nitrogen and oxygen atoms in total. The van der Waals surface area contributed by atoms with Crippen molar-refractivity contribution in [2.24, 2.45) is 5.10 Å². The van der Waals surface area contributed by atoms with Gasteiger partial charge < -0.3 is 0 Å². The van der Waals surface area contributed by atoms with Crippen molar-refractivity contribution in [1.82, 2.24) is 0 Å². The van der Waals surface area contributed by atoms with E-state index >= 15 is 0 Å². The Balaban J connectivity index is 1.84. The fourth-order valence-electron chi connectivity index (χ4n) is 3.56. The van der Waals surface area contributed by atoms with E-state index in [1.54, 1.807) is 0 Å². The maximum Gasteiger partial charge on any atom is 0.139 e. The van der Waals surface area contributed by atoms with Gasteiger partial charge in [-0.15, -0.1) is 0 Å². The summed E-state index contributed by atoms with van der Waals surface area (Å²) >= 11 is 0. The second-order valence-electron chi connectivity index (χ2n) is 7.05. The van der Waals surface area contributed by atoms with Crippen LogP contribution in [0.15, 0.2) is 53.6 Å². The normalized spacial score (nSPS) is 22.3. The van der Waals surface area contributed by atoms with Gasteiger partial charge >= 0.3 is 0 Å². The van der Waals surface area contributed by atoms with Crippen molar-refractivity contribution < 1.29 is 4.90 Å². The molecule has 23 heavy (non-hydrogen) atoms. The molecule has 3 heteroatoms. The Kier molecular flexibility index (Phi) is 3.99. The van der Waals surface area contributed by atoms with Crippen LogP contribution >= 0.6 is 0 Å². The summed E-state index contributed by atoms with van der Waals surface area (Å²) in [6.07, 6.45) is 2.11. The minimum absolute atomic E-state index is 0.0816. The van der Waals surface area contributed by atoms with E-state index < -0.39 is 0 Å². The van der Waals surface area contributed by atoms with Crippen molar-refractivity contribution in [2.75, 3.05) is 19.1 Å². The van der Waals surface area contributed by atoms with Crippen molar-refractivity contribution in [3.8, 4) is 0 Å². The fourth-order valence-corrected chi connectivity index (χ4v) is 3.56. The Labute approximate surface area is 139 Å². The molecule has 0 aliphatic carbocycles. The van der Waals surface area contributed by atoms with Crippen molar-refractivity contribution in [3.63, 3.8) is 0 Å². The highest BCUT2D eigenvalue weighted by Gasteiger charge is 2.46. The first-order chi connectivity index (χ1) is 10.9. The molecule has 1 heterocycles. The van der Waals surface area contributed by atoms with Crippen molar-refractivity contribution in [3.05, 3.63) is 59.7 Å². The predicted octanol–water partition coefficient (Wildman–Crippen LogP) is 2.92. The SMILES string of the molecule is Cc1ccc(N(C)/N=C/C2[NH+](C)c3ccccc3C2(C)C)cc1. The first kappa shape index (κ1) is 15.8. The number of quaternary nitrogens is 1. The van der Waals surface area contributed by atoms with Crippen LogP contribution in [0.4, 0.5) is 11.4 Å². The van der Waals surface area contributed by atoms with E-state index in [0.717, 1.165) is 5.69 Å². The van der Waals surface area contributed by atoms with E-state index in [9.17, 15) is 0 Å². The fraction of sp³-hybridized carbons (Fsp3) is 0.350. The Morgan fingerprint density at radius 1 is 1.09 bits per heavy atom. The smallest absolute Gasteiger partial charge is 0.139 e. The van der Waals surface area contributed by atoms with Crippen LogP contribution < -0.4 is 9.91 Å². The largest absolute Gasteiger partial charge is 0.297 e.